The molecule has 1 aromatic heterocycles. The third kappa shape index (κ3) is 4.29. The Morgan fingerprint density at radius 2 is 1.90 bits per heavy atom. The molecule has 2 heterocycles. The Morgan fingerprint density at radius 1 is 1.13 bits per heavy atom. The quantitative estimate of drug-likeness (QED) is 0.693. The van der Waals surface area contributed by atoms with Crippen molar-refractivity contribution >= 4 is 12.0 Å². The number of halogens is 2. The van der Waals surface area contributed by atoms with Crippen LogP contribution in [0.1, 0.15) is 16.1 Å². The zero-order valence-corrected chi connectivity index (χ0v) is 15.7. The SMILES string of the molecule is O=C(NC1CN(C(=O)c2cc(-c3ccc(F)cc3F)on2)C1)OCc1ccccc1. The zero-order valence-electron chi connectivity index (χ0n) is 15.7. The van der Waals surface area contributed by atoms with Crippen LogP contribution in [0.4, 0.5) is 13.6 Å². The fourth-order valence-corrected chi connectivity index (χ4v) is 3.02. The number of nitrogens with one attached hydrogen (secondary N) is 1. The number of hydrogen-bond acceptors (Lipinski definition) is 5. The minimum absolute atomic E-state index is 0.00108. The maximum absolute atomic E-state index is 13.9. The lowest BCUT2D eigenvalue weighted by atomic mass is 10.1. The summed E-state index contributed by atoms with van der Waals surface area (Å²) in [5, 5.41) is 6.35. The van der Waals surface area contributed by atoms with Crippen molar-refractivity contribution in [3.05, 3.63) is 77.5 Å². The number of aromatic nitrogens is 1. The molecule has 154 valence electrons. The van der Waals surface area contributed by atoms with Gasteiger partial charge in [0.25, 0.3) is 5.91 Å². The average molecular weight is 413 g/mol. The van der Waals surface area contributed by atoms with Gasteiger partial charge in [0.15, 0.2) is 11.5 Å². The van der Waals surface area contributed by atoms with E-state index in [4.69, 9.17) is 9.26 Å². The summed E-state index contributed by atoms with van der Waals surface area (Å²) in [6, 6.07) is 13.4. The van der Waals surface area contributed by atoms with Crippen LogP contribution in [0.3, 0.4) is 0 Å². The number of alkyl carbamates (subject to hydrolysis) is 1. The molecule has 7 nitrogen and oxygen atoms in total. The molecule has 3 aromatic rings. The van der Waals surface area contributed by atoms with E-state index in [2.05, 4.69) is 10.5 Å². The molecule has 0 spiro atoms. The molecule has 1 aliphatic heterocycles. The fraction of sp³-hybridized carbons (Fsp3) is 0.190. The van der Waals surface area contributed by atoms with Crippen LogP contribution in [0.2, 0.25) is 0 Å². The van der Waals surface area contributed by atoms with Gasteiger partial charge in [-0.05, 0) is 17.7 Å². The minimum Gasteiger partial charge on any atom is -0.445 e. The third-order valence-corrected chi connectivity index (χ3v) is 4.63. The molecule has 1 N–H and O–H groups in total. The van der Waals surface area contributed by atoms with Gasteiger partial charge in [0, 0.05) is 25.2 Å². The molecule has 0 radical (unpaired) electrons. The summed E-state index contributed by atoms with van der Waals surface area (Å²) >= 11 is 0. The number of amides is 2. The Labute approximate surface area is 170 Å². The van der Waals surface area contributed by atoms with E-state index < -0.39 is 23.6 Å². The number of hydrogen-bond donors (Lipinski definition) is 1. The Hall–Kier alpha value is -3.75. The van der Waals surface area contributed by atoms with Crippen LogP contribution < -0.4 is 5.32 Å². The summed E-state index contributed by atoms with van der Waals surface area (Å²) in [6.07, 6.45) is -0.563. The monoisotopic (exact) mass is 413 g/mol. The van der Waals surface area contributed by atoms with Gasteiger partial charge in [-0.25, -0.2) is 13.6 Å². The average Bonchev–Trinajstić information content (AvgIpc) is 3.19. The number of nitrogens with zero attached hydrogens (tertiary/aromatic N) is 2. The zero-order chi connectivity index (χ0) is 21.1. The smallest absolute Gasteiger partial charge is 0.407 e. The first-order valence-electron chi connectivity index (χ1n) is 9.18. The lowest BCUT2D eigenvalue weighted by molar-refractivity contribution is 0.0535. The van der Waals surface area contributed by atoms with Gasteiger partial charge in [-0.1, -0.05) is 35.5 Å². The Bertz CT molecular complexity index is 1070. The highest BCUT2D eigenvalue weighted by Crippen LogP contribution is 2.25. The molecule has 30 heavy (non-hydrogen) atoms. The molecule has 0 unspecified atom stereocenters. The van der Waals surface area contributed by atoms with Gasteiger partial charge in [0.05, 0.1) is 11.6 Å². The second-order valence-electron chi connectivity index (χ2n) is 6.81. The third-order valence-electron chi connectivity index (χ3n) is 4.63. The first-order chi connectivity index (χ1) is 14.5. The van der Waals surface area contributed by atoms with E-state index in [0.29, 0.717) is 0 Å². The minimum atomic E-state index is -0.813. The van der Waals surface area contributed by atoms with Gasteiger partial charge >= 0.3 is 6.09 Å². The Kier molecular flexibility index (Phi) is 5.42. The molecule has 1 fully saturated rings. The van der Waals surface area contributed by atoms with Crippen LogP contribution in [0.25, 0.3) is 11.3 Å². The highest BCUT2D eigenvalue weighted by atomic mass is 19.1. The van der Waals surface area contributed by atoms with Crippen LogP contribution in [0.5, 0.6) is 0 Å². The van der Waals surface area contributed by atoms with Gasteiger partial charge in [-0.3, -0.25) is 4.79 Å². The summed E-state index contributed by atoms with van der Waals surface area (Å²) in [5.74, 6) is -1.92. The number of likely N-dealkylation sites (tertiary alicyclic amines) is 1. The summed E-state index contributed by atoms with van der Waals surface area (Å²) in [6.45, 7) is 0.725. The standard InChI is InChI=1S/C21H17F2N3O4/c22-14-6-7-16(17(23)8-14)19-9-18(25-30-19)20(27)26-10-15(11-26)24-21(28)29-12-13-4-2-1-3-5-13/h1-9,15H,10-12H2,(H,24,28). The van der Waals surface area contributed by atoms with Crippen molar-refractivity contribution in [1.29, 1.82) is 0 Å². The van der Waals surface area contributed by atoms with Crippen LogP contribution in [0.15, 0.2) is 59.1 Å². The second-order valence-corrected chi connectivity index (χ2v) is 6.81. The van der Waals surface area contributed by atoms with Gasteiger partial charge in [0.1, 0.15) is 18.2 Å². The molecule has 9 heteroatoms. The lowest BCUT2D eigenvalue weighted by Crippen LogP contribution is -2.61. The summed E-state index contributed by atoms with van der Waals surface area (Å²) in [4.78, 5) is 25.8. The van der Waals surface area contributed by atoms with E-state index in [-0.39, 0.29) is 42.8 Å². The first kappa shape index (κ1) is 19.6. The maximum atomic E-state index is 13.9. The highest BCUT2D eigenvalue weighted by molar-refractivity contribution is 5.93. The highest BCUT2D eigenvalue weighted by Gasteiger charge is 2.34. The predicted octanol–water partition coefficient (Wildman–Crippen LogP) is 3.37. The van der Waals surface area contributed by atoms with E-state index in [0.717, 1.165) is 17.7 Å². The van der Waals surface area contributed by atoms with Gasteiger partial charge in [0.2, 0.25) is 0 Å². The molecule has 0 bridgehead atoms. The fourth-order valence-electron chi connectivity index (χ4n) is 3.02. The van der Waals surface area contributed by atoms with E-state index >= 15 is 0 Å². The molecular formula is C21H17F2N3O4. The predicted molar refractivity (Wildman–Crippen MR) is 101 cm³/mol. The van der Waals surface area contributed by atoms with E-state index in [1.165, 1.54) is 17.0 Å². The van der Waals surface area contributed by atoms with E-state index in [1.54, 1.807) is 0 Å². The largest absolute Gasteiger partial charge is 0.445 e. The summed E-state index contributed by atoms with van der Waals surface area (Å²) < 4.78 is 37.1. The molecule has 2 amide bonds. The van der Waals surface area contributed by atoms with Crippen LogP contribution in [-0.2, 0) is 11.3 Å². The van der Waals surface area contributed by atoms with Crippen molar-refractivity contribution in [1.82, 2.24) is 15.4 Å². The molecule has 1 aliphatic rings. The topological polar surface area (TPSA) is 84.7 Å². The number of ether oxygens (including phenoxy) is 1. The number of carbonyl (C=O) groups excluding carboxylic acids is 2. The van der Waals surface area contributed by atoms with Crippen molar-refractivity contribution in [3.8, 4) is 11.3 Å². The molecule has 0 atom stereocenters. The lowest BCUT2D eigenvalue weighted by Gasteiger charge is -2.38. The number of carbonyl (C=O) groups is 2. The van der Waals surface area contributed by atoms with Crippen molar-refractivity contribution in [2.45, 2.75) is 12.6 Å². The molecule has 2 aromatic carbocycles. The number of benzene rings is 2. The van der Waals surface area contributed by atoms with E-state index in [1.807, 2.05) is 30.3 Å². The maximum Gasteiger partial charge on any atom is 0.407 e. The second kappa shape index (κ2) is 8.32. The Morgan fingerprint density at radius 3 is 2.63 bits per heavy atom. The van der Waals surface area contributed by atoms with Crippen molar-refractivity contribution in [2.75, 3.05) is 13.1 Å². The number of rotatable bonds is 5. The van der Waals surface area contributed by atoms with Gasteiger partial charge < -0.3 is 19.5 Å². The van der Waals surface area contributed by atoms with Gasteiger partial charge in [-0.2, -0.15) is 0 Å². The van der Waals surface area contributed by atoms with Crippen molar-refractivity contribution in [2.24, 2.45) is 0 Å². The van der Waals surface area contributed by atoms with Crippen LogP contribution in [-0.4, -0.2) is 41.2 Å². The van der Waals surface area contributed by atoms with Crippen molar-refractivity contribution < 1.29 is 27.6 Å². The van der Waals surface area contributed by atoms with Gasteiger partial charge in [-0.15, -0.1) is 0 Å². The molecule has 4 rings (SSSR count). The van der Waals surface area contributed by atoms with E-state index in [9.17, 15) is 18.4 Å². The molecular weight excluding hydrogens is 396 g/mol. The van der Waals surface area contributed by atoms with Crippen molar-refractivity contribution in [3.63, 3.8) is 0 Å². The summed E-state index contributed by atoms with van der Waals surface area (Å²) in [5.41, 5.74) is 0.878. The van der Waals surface area contributed by atoms with Crippen LogP contribution in [0, 0.1) is 11.6 Å². The summed E-state index contributed by atoms with van der Waals surface area (Å²) in [7, 11) is 0. The normalized spacial score (nSPS) is 13.6. The Balaban J connectivity index is 1.27. The molecule has 0 saturated carbocycles. The van der Waals surface area contributed by atoms with Crippen LogP contribution >= 0.6 is 0 Å². The molecule has 1 saturated heterocycles. The molecule has 0 aliphatic carbocycles. The first-order valence-corrected chi connectivity index (χ1v) is 9.18.